The van der Waals surface area contributed by atoms with Crippen LogP contribution in [0.25, 0.3) is 6.08 Å². The average molecular weight is 488 g/mol. The van der Waals surface area contributed by atoms with Crippen molar-refractivity contribution in [2.75, 3.05) is 18.7 Å². The van der Waals surface area contributed by atoms with Gasteiger partial charge in [0.25, 0.3) is 6.47 Å². The molecule has 0 spiro atoms. The molecule has 1 aliphatic rings. The fourth-order valence-corrected chi connectivity index (χ4v) is 4.02. The van der Waals surface area contributed by atoms with Gasteiger partial charge in [0.15, 0.2) is 6.73 Å². The lowest BCUT2D eigenvalue weighted by molar-refractivity contribution is -0.128. The van der Waals surface area contributed by atoms with Crippen LogP contribution in [0.4, 0.5) is 5.69 Å². The van der Waals surface area contributed by atoms with Gasteiger partial charge in [-0.05, 0) is 74.2 Å². The minimum atomic E-state index is -0.275. The van der Waals surface area contributed by atoms with Gasteiger partial charge in [-0.3, -0.25) is 4.79 Å². The van der Waals surface area contributed by atoms with Gasteiger partial charge in [0.05, 0.1) is 7.11 Å². The number of fused-ring (bicyclic) bond motifs is 1. The van der Waals surface area contributed by atoms with Crippen LogP contribution in [0.1, 0.15) is 55.9 Å². The monoisotopic (exact) mass is 487 g/mol. The maximum Gasteiger partial charge on any atom is 0.294 e. The van der Waals surface area contributed by atoms with Crippen molar-refractivity contribution >= 4 is 18.2 Å². The van der Waals surface area contributed by atoms with Crippen molar-refractivity contribution in [1.82, 2.24) is 0 Å². The van der Waals surface area contributed by atoms with Gasteiger partial charge in [-0.25, -0.2) is 0 Å². The molecule has 3 aromatic rings. The SMILES string of the molecule is CC1(C)C=Cc2cc(CN(COC=O)c3ccccc3)ccc2O1.COc1ccc(C)cc1C(C)C. The zero-order chi connectivity index (χ0) is 26.1. The molecule has 5 nitrogen and oxygen atoms in total. The Morgan fingerprint density at radius 2 is 1.78 bits per heavy atom. The molecule has 0 unspecified atom stereocenters. The standard InChI is InChI=1S/C20H21NO3.C11H16O/c1-20(2)11-10-17-12-16(8-9-19(17)24-20)13-21(14-23-15-22)18-6-4-3-5-7-18;1-8(2)10-7-9(3)5-6-11(10)12-4/h3-12,15H,13-14H2,1-2H3;5-8H,1-4H3. The van der Waals surface area contributed by atoms with E-state index in [9.17, 15) is 4.79 Å². The van der Waals surface area contributed by atoms with Crippen LogP contribution < -0.4 is 14.4 Å². The van der Waals surface area contributed by atoms with Crippen LogP contribution in [-0.4, -0.2) is 25.9 Å². The van der Waals surface area contributed by atoms with Gasteiger partial charge in [0, 0.05) is 17.8 Å². The number of nitrogens with zero attached hydrogens (tertiary/aromatic N) is 1. The summed E-state index contributed by atoms with van der Waals surface area (Å²) < 4.78 is 16.2. The number of aryl methyl sites for hydroxylation is 1. The number of ether oxygens (including phenoxy) is 3. The zero-order valence-corrected chi connectivity index (χ0v) is 22.2. The van der Waals surface area contributed by atoms with E-state index in [4.69, 9.17) is 14.2 Å². The lowest BCUT2D eigenvalue weighted by Crippen LogP contribution is -2.28. The number of rotatable bonds is 8. The van der Waals surface area contributed by atoms with Crippen LogP contribution in [0.2, 0.25) is 0 Å². The second-order valence-electron chi connectivity index (χ2n) is 9.74. The van der Waals surface area contributed by atoms with Crippen molar-refractivity contribution in [2.24, 2.45) is 0 Å². The van der Waals surface area contributed by atoms with E-state index < -0.39 is 0 Å². The van der Waals surface area contributed by atoms with Gasteiger partial charge in [-0.15, -0.1) is 0 Å². The Bertz CT molecular complexity index is 1170. The Morgan fingerprint density at radius 3 is 2.44 bits per heavy atom. The molecule has 0 fully saturated rings. The van der Waals surface area contributed by atoms with E-state index in [1.807, 2.05) is 67.3 Å². The van der Waals surface area contributed by atoms with E-state index >= 15 is 0 Å². The average Bonchev–Trinajstić information content (AvgIpc) is 2.87. The topological polar surface area (TPSA) is 48.0 Å². The summed E-state index contributed by atoms with van der Waals surface area (Å²) in [5, 5.41) is 0. The molecule has 0 radical (unpaired) electrons. The second kappa shape index (κ2) is 12.3. The first-order chi connectivity index (χ1) is 17.2. The summed E-state index contributed by atoms with van der Waals surface area (Å²) >= 11 is 0. The van der Waals surface area contributed by atoms with Gasteiger partial charge in [0.1, 0.15) is 17.1 Å². The molecule has 0 saturated carbocycles. The van der Waals surface area contributed by atoms with E-state index in [1.54, 1.807) is 7.11 Å². The van der Waals surface area contributed by atoms with E-state index in [0.29, 0.717) is 18.9 Å². The molecule has 1 aliphatic heterocycles. The number of hydrogen-bond acceptors (Lipinski definition) is 5. The van der Waals surface area contributed by atoms with Crippen LogP contribution in [0.5, 0.6) is 11.5 Å². The molecule has 0 bridgehead atoms. The van der Waals surface area contributed by atoms with E-state index in [2.05, 4.69) is 51.1 Å². The van der Waals surface area contributed by atoms with Crippen LogP contribution in [0.3, 0.4) is 0 Å². The number of benzene rings is 3. The molecular formula is C31H37NO4. The highest BCUT2D eigenvalue weighted by atomic mass is 16.5. The fraction of sp³-hybridized carbons (Fsp3) is 0.323. The van der Waals surface area contributed by atoms with Crippen molar-refractivity contribution < 1.29 is 19.0 Å². The Labute approximate surface area is 215 Å². The molecular weight excluding hydrogens is 450 g/mol. The summed E-state index contributed by atoms with van der Waals surface area (Å²) in [7, 11) is 1.72. The Hall–Kier alpha value is -3.73. The first kappa shape index (κ1) is 26.9. The van der Waals surface area contributed by atoms with Gasteiger partial charge in [-0.2, -0.15) is 0 Å². The summed E-state index contributed by atoms with van der Waals surface area (Å²) in [6.45, 7) is 11.9. The maximum atomic E-state index is 10.6. The summed E-state index contributed by atoms with van der Waals surface area (Å²) in [5.74, 6) is 2.41. The number of anilines is 1. The Morgan fingerprint density at radius 1 is 1.03 bits per heavy atom. The highest BCUT2D eigenvalue weighted by Crippen LogP contribution is 2.32. The first-order valence-electron chi connectivity index (χ1n) is 12.2. The summed E-state index contributed by atoms with van der Waals surface area (Å²) in [5.41, 5.74) is 5.50. The normalized spacial score (nSPS) is 13.1. The highest BCUT2D eigenvalue weighted by molar-refractivity contribution is 5.62. The molecule has 0 N–H and O–H groups in total. The number of hydrogen-bond donors (Lipinski definition) is 0. The zero-order valence-electron chi connectivity index (χ0n) is 22.2. The minimum absolute atomic E-state index is 0.212. The first-order valence-corrected chi connectivity index (χ1v) is 12.2. The summed E-state index contributed by atoms with van der Waals surface area (Å²) in [6.07, 6.45) is 4.15. The molecule has 0 atom stereocenters. The molecule has 0 aromatic heterocycles. The molecule has 0 amide bonds. The predicted molar refractivity (Wildman–Crippen MR) is 147 cm³/mol. The lowest BCUT2D eigenvalue weighted by atomic mass is 10.0. The third-order valence-electron chi connectivity index (χ3n) is 5.91. The predicted octanol–water partition coefficient (Wildman–Crippen LogP) is 7.13. The van der Waals surface area contributed by atoms with E-state index in [1.165, 1.54) is 11.1 Å². The van der Waals surface area contributed by atoms with Crippen LogP contribution in [0, 0.1) is 6.92 Å². The van der Waals surface area contributed by atoms with Gasteiger partial charge >= 0.3 is 0 Å². The largest absolute Gasteiger partial charge is 0.496 e. The van der Waals surface area contributed by atoms with Crippen LogP contribution in [-0.2, 0) is 16.1 Å². The number of carbonyl (C=O) groups excluding carboxylic acids is 1. The van der Waals surface area contributed by atoms with Gasteiger partial charge in [0.2, 0.25) is 0 Å². The lowest BCUT2D eigenvalue weighted by Gasteiger charge is -2.29. The van der Waals surface area contributed by atoms with Crippen molar-refractivity contribution in [3.05, 3.63) is 95.1 Å². The summed E-state index contributed by atoms with van der Waals surface area (Å²) in [4.78, 5) is 12.6. The number of carbonyl (C=O) groups is 1. The van der Waals surface area contributed by atoms with Crippen LogP contribution >= 0.6 is 0 Å². The van der Waals surface area contributed by atoms with Gasteiger partial charge in [-0.1, -0.05) is 61.9 Å². The van der Waals surface area contributed by atoms with Crippen molar-refractivity contribution in [1.29, 1.82) is 0 Å². The Balaban J connectivity index is 0.000000253. The van der Waals surface area contributed by atoms with Crippen molar-refractivity contribution in [2.45, 2.75) is 52.7 Å². The molecule has 0 aliphatic carbocycles. The quantitative estimate of drug-likeness (QED) is 0.250. The highest BCUT2D eigenvalue weighted by Gasteiger charge is 2.21. The summed E-state index contributed by atoms with van der Waals surface area (Å²) in [6, 6.07) is 22.3. The second-order valence-corrected chi connectivity index (χ2v) is 9.74. The number of para-hydroxylation sites is 1. The van der Waals surface area contributed by atoms with E-state index in [0.717, 1.165) is 28.3 Å². The third kappa shape index (κ3) is 7.38. The molecule has 36 heavy (non-hydrogen) atoms. The molecule has 0 saturated heterocycles. The molecule has 3 aromatic carbocycles. The third-order valence-corrected chi connectivity index (χ3v) is 5.91. The number of methoxy groups -OCH3 is 1. The smallest absolute Gasteiger partial charge is 0.294 e. The van der Waals surface area contributed by atoms with Gasteiger partial charge < -0.3 is 19.1 Å². The van der Waals surface area contributed by atoms with Crippen molar-refractivity contribution in [3.8, 4) is 11.5 Å². The maximum absolute atomic E-state index is 10.6. The molecule has 4 rings (SSSR count). The molecule has 190 valence electrons. The van der Waals surface area contributed by atoms with E-state index in [-0.39, 0.29) is 12.3 Å². The van der Waals surface area contributed by atoms with Crippen LogP contribution in [0.15, 0.2) is 72.8 Å². The Kier molecular flexibility index (Phi) is 9.18. The van der Waals surface area contributed by atoms with Crippen molar-refractivity contribution in [3.63, 3.8) is 0 Å². The minimum Gasteiger partial charge on any atom is -0.496 e. The molecule has 5 heteroatoms. The fourth-order valence-electron chi connectivity index (χ4n) is 4.02. The molecule has 1 heterocycles.